The highest BCUT2D eigenvalue weighted by Crippen LogP contribution is 2.21. The fraction of sp³-hybridized carbons (Fsp3) is 0.444. The van der Waals surface area contributed by atoms with E-state index in [1.807, 2.05) is 24.3 Å². The molecule has 3 rings (SSSR count). The predicted molar refractivity (Wildman–Crippen MR) is 94.4 cm³/mol. The Morgan fingerprint density at radius 1 is 1.26 bits per heavy atom. The maximum Gasteiger partial charge on any atom is 0.358 e. The van der Waals surface area contributed by atoms with E-state index >= 15 is 0 Å². The molecule has 0 spiro atoms. The third kappa shape index (κ3) is 4.82. The second-order valence-corrected chi connectivity index (χ2v) is 6.31. The van der Waals surface area contributed by atoms with Crippen LogP contribution < -0.4 is 4.74 Å². The van der Waals surface area contributed by atoms with Crippen LogP contribution in [0.4, 0.5) is 0 Å². The minimum Gasteiger partial charge on any atom is -0.496 e. The van der Waals surface area contributed by atoms with E-state index in [9.17, 15) is 9.59 Å². The van der Waals surface area contributed by atoms with Crippen LogP contribution in [0, 0.1) is 0 Å². The van der Waals surface area contributed by atoms with Crippen LogP contribution in [0.3, 0.4) is 0 Å². The number of aromatic carboxylic acids is 1. The molecule has 1 aromatic heterocycles. The van der Waals surface area contributed by atoms with Crippen molar-refractivity contribution in [3.8, 4) is 5.75 Å². The van der Waals surface area contributed by atoms with Gasteiger partial charge in [0.25, 0.3) is 0 Å². The Bertz CT molecular complexity index is 799. The summed E-state index contributed by atoms with van der Waals surface area (Å²) in [5.74, 6) is -0.472. The van der Waals surface area contributed by atoms with Crippen molar-refractivity contribution in [3.05, 3.63) is 41.7 Å². The number of piperidine rings is 1. The topological polar surface area (TPSA) is 107 Å². The van der Waals surface area contributed by atoms with Crippen molar-refractivity contribution in [1.82, 2.24) is 19.9 Å². The number of rotatable bonds is 7. The average Bonchev–Trinajstić information content (AvgIpc) is 3.16. The molecule has 1 aliphatic rings. The Balaban J connectivity index is 1.45. The number of nitrogens with zero attached hydrogens (tertiary/aromatic N) is 4. The molecule has 0 saturated carbocycles. The van der Waals surface area contributed by atoms with E-state index in [1.165, 1.54) is 10.9 Å². The number of likely N-dealkylation sites (tertiary alicyclic amines) is 1. The van der Waals surface area contributed by atoms with Crippen LogP contribution in [0.5, 0.6) is 5.75 Å². The summed E-state index contributed by atoms with van der Waals surface area (Å²) in [6, 6.07) is 7.74. The number of carbonyl (C=O) groups is 2. The molecule has 1 amide bonds. The zero-order valence-electron chi connectivity index (χ0n) is 15.1. The second kappa shape index (κ2) is 8.63. The van der Waals surface area contributed by atoms with E-state index in [-0.39, 0.29) is 24.2 Å². The molecule has 0 atom stereocenters. The number of methoxy groups -OCH3 is 1. The molecule has 0 bridgehead atoms. The number of hydrogen-bond donors (Lipinski definition) is 1. The number of hydrogen-bond acceptors (Lipinski definition) is 6. The van der Waals surface area contributed by atoms with Crippen molar-refractivity contribution in [2.45, 2.75) is 32.1 Å². The summed E-state index contributed by atoms with van der Waals surface area (Å²) in [7, 11) is 1.64. The third-order valence-corrected chi connectivity index (χ3v) is 4.52. The van der Waals surface area contributed by atoms with Gasteiger partial charge < -0.3 is 19.5 Å². The minimum absolute atomic E-state index is 0.0208. The van der Waals surface area contributed by atoms with E-state index < -0.39 is 5.97 Å². The fourth-order valence-corrected chi connectivity index (χ4v) is 3.01. The number of aromatic nitrogens is 3. The van der Waals surface area contributed by atoms with Gasteiger partial charge in [0, 0.05) is 18.7 Å². The Morgan fingerprint density at radius 2 is 2.00 bits per heavy atom. The Kier molecular flexibility index (Phi) is 6.02. The van der Waals surface area contributed by atoms with Crippen molar-refractivity contribution >= 4 is 11.9 Å². The molecule has 1 fully saturated rings. The molecule has 9 heteroatoms. The first kappa shape index (κ1) is 18.8. The van der Waals surface area contributed by atoms with E-state index in [0.29, 0.717) is 19.7 Å². The molecule has 27 heavy (non-hydrogen) atoms. The van der Waals surface area contributed by atoms with E-state index in [4.69, 9.17) is 14.6 Å². The Labute approximate surface area is 156 Å². The highest BCUT2D eigenvalue weighted by molar-refractivity contribution is 5.84. The molecule has 9 nitrogen and oxygen atoms in total. The van der Waals surface area contributed by atoms with E-state index in [2.05, 4.69) is 10.3 Å². The SMILES string of the molecule is COc1ccccc1COC1CCN(C(=O)Cn2cc(C(=O)O)nn2)CC1. The van der Waals surface area contributed by atoms with Crippen molar-refractivity contribution in [1.29, 1.82) is 0 Å². The van der Waals surface area contributed by atoms with Crippen molar-refractivity contribution in [3.63, 3.8) is 0 Å². The zero-order chi connectivity index (χ0) is 19.2. The van der Waals surface area contributed by atoms with Crippen LogP contribution in [0.15, 0.2) is 30.5 Å². The molecule has 1 aromatic carbocycles. The number of carboxylic acids is 1. The van der Waals surface area contributed by atoms with Gasteiger partial charge in [-0.15, -0.1) is 5.10 Å². The van der Waals surface area contributed by atoms with Gasteiger partial charge in [-0.1, -0.05) is 23.4 Å². The molecule has 1 saturated heterocycles. The van der Waals surface area contributed by atoms with Gasteiger partial charge in [0.1, 0.15) is 12.3 Å². The fourth-order valence-electron chi connectivity index (χ4n) is 3.01. The molecule has 0 unspecified atom stereocenters. The lowest BCUT2D eigenvalue weighted by molar-refractivity contribution is -0.134. The molecule has 0 radical (unpaired) electrons. The van der Waals surface area contributed by atoms with Crippen LogP contribution in [0.25, 0.3) is 0 Å². The van der Waals surface area contributed by atoms with Crippen LogP contribution in [0.1, 0.15) is 28.9 Å². The minimum atomic E-state index is -1.17. The van der Waals surface area contributed by atoms with Gasteiger partial charge in [0.15, 0.2) is 5.69 Å². The summed E-state index contributed by atoms with van der Waals surface area (Å²) in [6.07, 6.45) is 2.84. The maximum absolute atomic E-state index is 12.3. The number of carbonyl (C=O) groups excluding carboxylic acids is 1. The van der Waals surface area contributed by atoms with Crippen LogP contribution >= 0.6 is 0 Å². The van der Waals surface area contributed by atoms with Gasteiger partial charge in [-0.2, -0.15) is 0 Å². The van der Waals surface area contributed by atoms with E-state index in [0.717, 1.165) is 24.2 Å². The van der Waals surface area contributed by atoms with Crippen molar-refractivity contribution < 1.29 is 24.2 Å². The zero-order valence-corrected chi connectivity index (χ0v) is 15.1. The normalized spacial score (nSPS) is 14.9. The molecule has 2 aromatic rings. The molecule has 2 heterocycles. The van der Waals surface area contributed by atoms with Crippen LogP contribution in [-0.2, 0) is 22.7 Å². The number of carboxylic acid groups (broad SMARTS) is 1. The first-order valence-electron chi connectivity index (χ1n) is 8.71. The predicted octanol–water partition coefficient (Wildman–Crippen LogP) is 1.19. The molecule has 1 N–H and O–H groups in total. The summed E-state index contributed by atoms with van der Waals surface area (Å²) < 4.78 is 12.5. The summed E-state index contributed by atoms with van der Waals surface area (Å²) in [6.45, 7) is 1.64. The van der Waals surface area contributed by atoms with Gasteiger partial charge in [0.05, 0.1) is 26.0 Å². The van der Waals surface area contributed by atoms with Crippen LogP contribution in [-0.4, -0.2) is 63.2 Å². The van der Waals surface area contributed by atoms with Gasteiger partial charge in [-0.25, -0.2) is 9.48 Å². The van der Waals surface area contributed by atoms with Gasteiger partial charge in [-0.3, -0.25) is 4.79 Å². The quantitative estimate of drug-likeness (QED) is 0.776. The number of amides is 1. The molecular formula is C18H22N4O5. The maximum atomic E-state index is 12.3. The lowest BCUT2D eigenvalue weighted by atomic mass is 10.1. The third-order valence-electron chi connectivity index (χ3n) is 4.52. The van der Waals surface area contributed by atoms with Crippen molar-refractivity contribution in [2.24, 2.45) is 0 Å². The summed E-state index contributed by atoms with van der Waals surface area (Å²) >= 11 is 0. The van der Waals surface area contributed by atoms with Crippen LogP contribution in [0.2, 0.25) is 0 Å². The average molecular weight is 374 g/mol. The molecule has 1 aliphatic heterocycles. The van der Waals surface area contributed by atoms with Crippen molar-refractivity contribution in [2.75, 3.05) is 20.2 Å². The second-order valence-electron chi connectivity index (χ2n) is 6.31. The highest BCUT2D eigenvalue weighted by Gasteiger charge is 2.24. The first-order valence-corrected chi connectivity index (χ1v) is 8.71. The molecular weight excluding hydrogens is 352 g/mol. The number of benzene rings is 1. The standard InChI is InChI=1S/C18H22N4O5/c1-26-16-5-3-2-4-13(16)12-27-14-6-8-21(9-7-14)17(23)11-22-10-15(18(24)25)19-20-22/h2-5,10,14H,6-9,11-12H2,1H3,(H,24,25). The van der Waals surface area contributed by atoms with Gasteiger partial charge in [-0.05, 0) is 18.9 Å². The lowest BCUT2D eigenvalue weighted by Gasteiger charge is -2.32. The monoisotopic (exact) mass is 374 g/mol. The summed E-state index contributed by atoms with van der Waals surface area (Å²) in [5, 5.41) is 16.0. The summed E-state index contributed by atoms with van der Waals surface area (Å²) in [4.78, 5) is 24.9. The smallest absolute Gasteiger partial charge is 0.358 e. The summed E-state index contributed by atoms with van der Waals surface area (Å²) in [5.41, 5.74) is 0.824. The Hall–Kier alpha value is -2.94. The molecule has 0 aliphatic carbocycles. The number of ether oxygens (including phenoxy) is 2. The van der Waals surface area contributed by atoms with Gasteiger partial charge in [0.2, 0.25) is 5.91 Å². The Morgan fingerprint density at radius 3 is 2.67 bits per heavy atom. The highest BCUT2D eigenvalue weighted by atomic mass is 16.5. The largest absolute Gasteiger partial charge is 0.496 e. The molecule has 144 valence electrons. The van der Waals surface area contributed by atoms with E-state index in [1.54, 1.807) is 12.0 Å². The van der Waals surface area contributed by atoms with Gasteiger partial charge >= 0.3 is 5.97 Å². The lowest BCUT2D eigenvalue weighted by Crippen LogP contribution is -2.42. The number of para-hydroxylation sites is 1. The first-order chi connectivity index (χ1) is 13.1.